The third-order valence-electron chi connectivity index (χ3n) is 1.70. The lowest BCUT2D eigenvalue weighted by molar-refractivity contribution is -0.537. The molecule has 0 aliphatic carbocycles. The van der Waals surface area contributed by atoms with Gasteiger partial charge in [-0.1, -0.05) is 16.9 Å². The molecule has 8 heteroatoms. The van der Waals surface area contributed by atoms with Gasteiger partial charge in [0, 0.05) is 18.8 Å². The van der Waals surface area contributed by atoms with Crippen LogP contribution in [0.2, 0.25) is 0 Å². The molecule has 0 saturated heterocycles. The van der Waals surface area contributed by atoms with Crippen LogP contribution in [0.25, 0.3) is 0 Å². The maximum Gasteiger partial charge on any atom is 0.316 e. The second kappa shape index (κ2) is 6.31. The van der Waals surface area contributed by atoms with E-state index >= 15 is 0 Å². The van der Waals surface area contributed by atoms with E-state index in [4.69, 9.17) is 5.21 Å². The average Bonchev–Trinajstić information content (AvgIpc) is 2.18. The van der Waals surface area contributed by atoms with Crippen LogP contribution >= 0.6 is 11.8 Å². The Hall–Kier alpha value is -1.31. The summed E-state index contributed by atoms with van der Waals surface area (Å²) >= 11 is 0.789. The summed E-state index contributed by atoms with van der Waals surface area (Å²) in [5.74, 6) is -0.627. The molecule has 0 aliphatic rings. The quantitative estimate of drug-likeness (QED) is 0.196. The van der Waals surface area contributed by atoms with E-state index < -0.39 is 16.4 Å². The van der Waals surface area contributed by atoms with E-state index in [0.717, 1.165) is 11.8 Å². The van der Waals surface area contributed by atoms with E-state index in [1.807, 2.05) is 0 Å². The van der Waals surface area contributed by atoms with Crippen molar-refractivity contribution < 1.29 is 19.7 Å². The number of oxime groups is 1. The van der Waals surface area contributed by atoms with Crippen molar-refractivity contribution in [1.29, 1.82) is 0 Å². The van der Waals surface area contributed by atoms with Crippen LogP contribution in [-0.2, 0) is 9.53 Å². The minimum absolute atomic E-state index is 0.121. The van der Waals surface area contributed by atoms with Crippen LogP contribution in [-0.4, -0.2) is 39.0 Å². The molecule has 1 N–H and O–H groups in total. The molecule has 7 nitrogen and oxygen atoms in total. The molecule has 16 heavy (non-hydrogen) atoms. The monoisotopic (exact) mass is 250 g/mol. The van der Waals surface area contributed by atoms with Gasteiger partial charge in [-0.3, -0.25) is 14.9 Å². The molecule has 0 aromatic carbocycles. The number of carbonyl (C=O) groups is 1. The first-order valence-corrected chi connectivity index (χ1v) is 5.50. The fourth-order valence-corrected chi connectivity index (χ4v) is 1.56. The van der Waals surface area contributed by atoms with Crippen LogP contribution < -0.4 is 0 Å². The highest BCUT2D eigenvalue weighted by Crippen LogP contribution is 2.20. The fourth-order valence-electron chi connectivity index (χ4n) is 0.736. The number of carbonyl (C=O) groups excluding carboxylic acids is 1. The smallest absolute Gasteiger partial charge is 0.316 e. The summed E-state index contributed by atoms with van der Waals surface area (Å²) in [6.07, 6.45) is 0. The summed E-state index contributed by atoms with van der Waals surface area (Å²) in [5.41, 5.74) is -1.52. The van der Waals surface area contributed by atoms with Gasteiger partial charge in [0.15, 0.2) is 5.04 Å². The summed E-state index contributed by atoms with van der Waals surface area (Å²) in [6, 6.07) is 0. The number of nitro groups is 1. The Morgan fingerprint density at radius 1 is 1.62 bits per heavy atom. The molecule has 0 bridgehead atoms. The average molecular weight is 250 g/mol. The first kappa shape index (κ1) is 14.7. The Bertz CT molecular complexity index is 303. The largest absolute Gasteiger partial charge is 0.465 e. The van der Waals surface area contributed by atoms with E-state index in [1.165, 1.54) is 13.8 Å². The van der Waals surface area contributed by atoms with Crippen LogP contribution in [0.4, 0.5) is 0 Å². The van der Waals surface area contributed by atoms with Gasteiger partial charge in [0.05, 0.1) is 12.4 Å². The number of rotatable bonds is 5. The highest BCUT2D eigenvalue weighted by atomic mass is 32.2. The molecular weight excluding hydrogens is 236 g/mol. The highest BCUT2D eigenvalue weighted by Gasteiger charge is 2.39. The Labute approximate surface area is 97.0 Å². The molecule has 0 fully saturated rings. The van der Waals surface area contributed by atoms with Crippen LogP contribution in [0.5, 0.6) is 0 Å². The number of hydrogen-bond acceptors (Lipinski definition) is 7. The van der Waals surface area contributed by atoms with Crippen molar-refractivity contribution in [3.8, 4) is 0 Å². The molecule has 92 valence electrons. The molecule has 0 aromatic heterocycles. The summed E-state index contributed by atoms with van der Waals surface area (Å²) < 4.78 is 4.64. The second-order valence-electron chi connectivity index (χ2n) is 3.31. The lowest BCUT2D eigenvalue weighted by Crippen LogP contribution is -2.39. The van der Waals surface area contributed by atoms with Crippen molar-refractivity contribution in [2.75, 3.05) is 12.4 Å². The van der Waals surface area contributed by atoms with Crippen LogP contribution in [0.15, 0.2) is 5.16 Å². The van der Waals surface area contributed by atoms with Crippen LogP contribution in [0.3, 0.4) is 0 Å². The molecule has 0 rings (SSSR count). The van der Waals surface area contributed by atoms with Crippen molar-refractivity contribution in [2.45, 2.75) is 26.3 Å². The second-order valence-corrected chi connectivity index (χ2v) is 4.28. The molecule has 0 atom stereocenters. The van der Waals surface area contributed by atoms with Gasteiger partial charge in [-0.05, 0) is 6.92 Å². The first-order chi connectivity index (χ1) is 7.36. The minimum atomic E-state index is -1.52. The third-order valence-corrected chi connectivity index (χ3v) is 2.94. The van der Waals surface area contributed by atoms with Crippen molar-refractivity contribution in [1.82, 2.24) is 0 Å². The summed E-state index contributed by atoms with van der Waals surface area (Å²) in [6.45, 7) is 4.48. The highest BCUT2D eigenvalue weighted by molar-refractivity contribution is 8.14. The van der Waals surface area contributed by atoms with E-state index in [1.54, 1.807) is 6.92 Å². The fraction of sp³-hybridized carbons (Fsp3) is 0.750. The van der Waals surface area contributed by atoms with E-state index in [-0.39, 0.29) is 17.4 Å². The standard InChI is InChI=1S/C8H14N2O5S/c1-4-15-6(11)5-16-7(9-12)8(2,3)10(13)14/h12H,4-5H2,1-3H3/b9-7+. The van der Waals surface area contributed by atoms with Gasteiger partial charge in [0.1, 0.15) is 0 Å². The summed E-state index contributed by atoms with van der Waals surface area (Å²) in [4.78, 5) is 21.1. The Balaban J connectivity index is 4.45. The molecule has 0 heterocycles. The molecule has 0 amide bonds. The third kappa shape index (κ3) is 4.05. The maximum atomic E-state index is 11.0. The number of esters is 1. The molecule has 0 radical (unpaired) electrons. The van der Waals surface area contributed by atoms with Crippen LogP contribution in [0, 0.1) is 10.1 Å². The SMILES string of the molecule is CCOC(=O)CS/C(=N/O)C(C)(C)[N+](=O)[O-]. The molecule has 0 saturated carbocycles. The topological polar surface area (TPSA) is 102 Å². The Morgan fingerprint density at radius 3 is 2.56 bits per heavy atom. The molecule has 0 unspecified atom stereocenters. The number of hydrogen-bond donors (Lipinski definition) is 1. The van der Waals surface area contributed by atoms with Gasteiger partial charge < -0.3 is 9.94 Å². The lowest BCUT2D eigenvalue weighted by atomic mass is 10.1. The van der Waals surface area contributed by atoms with Crippen LogP contribution in [0.1, 0.15) is 20.8 Å². The van der Waals surface area contributed by atoms with Crippen molar-refractivity contribution >= 4 is 22.8 Å². The van der Waals surface area contributed by atoms with Crippen molar-refractivity contribution in [2.24, 2.45) is 5.16 Å². The normalized spacial score (nSPS) is 12.3. The van der Waals surface area contributed by atoms with Gasteiger partial charge >= 0.3 is 5.97 Å². The first-order valence-electron chi connectivity index (χ1n) is 4.51. The molecular formula is C8H14N2O5S. The van der Waals surface area contributed by atoms with Crippen molar-refractivity contribution in [3.63, 3.8) is 0 Å². The van der Waals surface area contributed by atoms with E-state index in [2.05, 4.69) is 9.89 Å². The van der Waals surface area contributed by atoms with Gasteiger partial charge in [0.25, 0.3) is 5.54 Å². The Morgan fingerprint density at radius 2 is 2.19 bits per heavy atom. The van der Waals surface area contributed by atoms with Gasteiger partial charge in [-0.15, -0.1) is 0 Å². The van der Waals surface area contributed by atoms with Gasteiger partial charge in [-0.2, -0.15) is 0 Å². The van der Waals surface area contributed by atoms with E-state index in [9.17, 15) is 14.9 Å². The number of ether oxygens (including phenoxy) is 1. The lowest BCUT2D eigenvalue weighted by Gasteiger charge is -2.15. The minimum Gasteiger partial charge on any atom is -0.465 e. The van der Waals surface area contributed by atoms with Gasteiger partial charge in [0.2, 0.25) is 0 Å². The number of nitrogens with zero attached hydrogens (tertiary/aromatic N) is 2. The summed E-state index contributed by atoms with van der Waals surface area (Å²) in [7, 11) is 0. The molecule has 0 aliphatic heterocycles. The Kier molecular flexibility index (Phi) is 5.79. The zero-order chi connectivity index (χ0) is 12.8. The maximum absolute atomic E-state index is 11.0. The summed E-state index contributed by atoms with van der Waals surface area (Å²) in [5, 5.41) is 22.0. The predicted molar refractivity (Wildman–Crippen MR) is 59.4 cm³/mol. The zero-order valence-corrected chi connectivity index (χ0v) is 10.1. The predicted octanol–water partition coefficient (Wildman–Crippen LogP) is 1.13. The molecule has 0 aromatic rings. The van der Waals surface area contributed by atoms with Crippen molar-refractivity contribution in [3.05, 3.63) is 10.1 Å². The molecule has 0 spiro atoms. The number of thioether (sulfide) groups is 1. The van der Waals surface area contributed by atoms with E-state index in [0.29, 0.717) is 0 Å². The van der Waals surface area contributed by atoms with Gasteiger partial charge in [-0.25, -0.2) is 0 Å². The zero-order valence-electron chi connectivity index (χ0n) is 9.30.